The lowest BCUT2D eigenvalue weighted by Gasteiger charge is -2.16. The first-order valence-electron chi connectivity index (χ1n) is 11.8. The molecule has 0 aliphatic carbocycles. The van der Waals surface area contributed by atoms with Crippen LogP contribution in [0.3, 0.4) is 0 Å². The van der Waals surface area contributed by atoms with Gasteiger partial charge in [-0.25, -0.2) is 4.68 Å². The first-order chi connectivity index (χ1) is 18.3. The maximum absolute atomic E-state index is 12.5. The molecule has 0 saturated carbocycles. The lowest BCUT2D eigenvalue weighted by Crippen LogP contribution is -2.45. The van der Waals surface area contributed by atoms with Crippen LogP contribution in [-0.4, -0.2) is 44.3 Å². The molecule has 2 amide bonds. The van der Waals surface area contributed by atoms with Crippen LogP contribution in [0.15, 0.2) is 73.1 Å². The summed E-state index contributed by atoms with van der Waals surface area (Å²) in [6, 6.07) is 16.2. The molecule has 0 radical (unpaired) electrons. The van der Waals surface area contributed by atoms with Crippen molar-refractivity contribution in [3.05, 3.63) is 88.7 Å². The number of carbonyl (C=O) groups is 2. The Labute approximate surface area is 229 Å². The van der Waals surface area contributed by atoms with E-state index in [1.807, 2.05) is 12.1 Å². The number of para-hydroxylation sites is 1. The summed E-state index contributed by atoms with van der Waals surface area (Å²) in [7, 11) is 0. The number of nitrogens with one attached hydrogen (secondary N) is 1. The SMILES string of the molecule is NC(=O)C(Cc1ccccc1O)NC(=O)CCCOc1cc(-c2cccnc2)nn1-c1ccc(Cl)c(Cl)c1. The van der Waals surface area contributed by atoms with E-state index in [2.05, 4.69) is 15.4 Å². The first-order valence-corrected chi connectivity index (χ1v) is 12.5. The van der Waals surface area contributed by atoms with Crippen LogP contribution < -0.4 is 15.8 Å². The highest BCUT2D eigenvalue weighted by atomic mass is 35.5. The zero-order valence-corrected chi connectivity index (χ0v) is 21.7. The zero-order valence-electron chi connectivity index (χ0n) is 20.2. The van der Waals surface area contributed by atoms with Crippen LogP contribution in [0.25, 0.3) is 16.9 Å². The molecule has 2 aromatic carbocycles. The Kier molecular flexibility index (Phi) is 8.83. The second-order valence-electron chi connectivity index (χ2n) is 8.43. The van der Waals surface area contributed by atoms with Crippen molar-refractivity contribution >= 4 is 35.0 Å². The fraction of sp³-hybridized carbons (Fsp3) is 0.185. The average molecular weight is 554 g/mol. The molecule has 196 valence electrons. The number of hydrogen-bond acceptors (Lipinski definition) is 6. The van der Waals surface area contributed by atoms with Crippen LogP contribution in [-0.2, 0) is 16.0 Å². The standard InChI is InChI=1S/C27H25Cl2N5O4/c28-20-10-9-19(14-21(20)29)34-26(15-22(33-34)18-6-3-11-31-16-18)38-12-4-8-25(36)32-23(27(30)37)13-17-5-1-2-7-24(17)35/h1-3,5-7,9-11,14-16,23,35H,4,8,12-13H2,(H2,30,37)(H,32,36). The number of benzene rings is 2. The van der Waals surface area contributed by atoms with Crippen molar-refractivity contribution in [2.45, 2.75) is 25.3 Å². The highest BCUT2D eigenvalue weighted by Crippen LogP contribution is 2.29. The number of primary amides is 1. The van der Waals surface area contributed by atoms with Crippen LogP contribution in [0.2, 0.25) is 10.0 Å². The van der Waals surface area contributed by atoms with Gasteiger partial charge in [0, 0.05) is 36.9 Å². The predicted octanol–water partition coefficient (Wildman–Crippen LogP) is 4.32. The first kappa shape index (κ1) is 27.0. The van der Waals surface area contributed by atoms with Crippen LogP contribution >= 0.6 is 23.2 Å². The van der Waals surface area contributed by atoms with E-state index in [0.717, 1.165) is 5.56 Å². The smallest absolute Gasteiger partial charge is 0.240 e. The van der Waals surface area contributed by atoms with E-state index in [0.29, 0.717) is 39.3 Å². The minimum Gasteiger partial charge on any atom is -0.508 e. The van der Waals surface area contributed by atoms with E-state index in [-0.39, 0.29) is 31.1 Å². The van der Waals surface area contributed by atoms with Gasteiger partial charge in [0.25, 0.3) is 0 Å². The maximum atomic E-state index is 12.5. The molecule has 2 heterocycles. The number of nitrogens with two attached hydrogens (primary N) is 1. The van der Waals surface area contributed by atoms with Crippen LogP contribution in [0, 0.1) is 0 Å². The Morgan fingerprint density at radius 3 is 2.61 bits per heavy atom. The van der Waals surface area contributed by atoms with Crippen molar-refractivity contribution in [2.24, 2.45) is 5.73 Å². The summed E-state index contributed by atoms with van der Waals surface area (Å²) >= 11 is 12.3. The third-order valence-electron chi connectivity index (χ3n) is 5.67. The molecule has 38 heavy (non-hydrogen) atoms. The largest absolute Gasteiger partial charge is 0.508 e. The van der Waals surface area contributed by atoms with E-state index >= 15 is 0 Å². The van der Waals surface area contributed by atoms with Crippen molar-refractivity contribution in [1.82, 2.24) is 20.1 Å². The van der Waals surface area contributed by atoms with Gasteiger partial charge in [0.15, 0.2) is 0 Å². The van der Waals surface area contributed by atoms with Gasteiger partial charge in [-0.2, -0.15) is 5.10 Å². The molecule has 0 fully saturated rings. The van der Waals surface area contributed by atoms with E-state index in [9.17, 15) is 14.7 Å². The van der Waals surface area contributed by atoms with Gasteiger partial charge in [-0.05, 0) is 48.4 Å². The topological polar surface area (TPSA) is 132 Å². The Balaban J connectivity index is 1.40. The molecule has 1 atom stereocenters. The molecule has 4 N–H and O–H groups in total. The van der Waals surface area contributed by atoms with Gasteiger partial charge >= 0.3 is 0 Å². The van der Waals surface area contributed by atoms with Crippen molar-refractivity contribution in [2.75, 3.05) is 6.61 Å². The number of ether oxygens (including phenoxy) is 1. The number of pyridine rings is 1. The third kappa shape index (κ3) is 6.81. The number of halogens is 2. The number of nitrogens with zero attached hydrogens (tertiary/aromatic N) is 3. The van der Waals surface area contributed by atoms with Gasteiger partial charge < -0.3 is 20.9 Å². The summed E-state index contributed by atoms with van der Waals surface area (Å²) in [6.07, 6.45) is 3.92. The fourth-order valence-electron chi connectivity index (χ4n) is 3.73. The molecule has 9 nitrogen and oxygen atoms in total. The molecule has 0 bridgehead atoms. The number of phenols is 1. The van der Waals surface area contributed by atoms with Crippen molar-refractivity contribution in [3.63, 3.8) is 0 Å². The molecule has 0 aliphatic rings. The molecule has 11 heteroatoms. The molecule has 0 saturated heterocycles. The zero-order chi connectivity index (χ0) is 27.1. The second kappa shape index (κ2) is 12.4. The Bertz CT molecular complexity index is 1430. The number of aromatic nitrogens is 3. The molecule has 2 aromatic heterocycles. The van der Waals surface area contributed by atoms with E-state index in [1.54, 1.807) is 59.5 Å². The van der Waals surface area contributed by atoms with Crippen molar-refractivity contribution < 1.29 is 19.4 Å². The fourth-order valence-corrected chi connectivity index (χ4v) is 4.02. The lowest BCUT2D eigenvalue weighted by atomic mass is 10.0. The maximum Gasteiger partial charge on any atom is 0.240 e. The molecule has 4 aromatic rings. The number of carbonyl (C=O) groups excluding carboxylic acids is 2. The van der Waals surface area contributed by atoms with Crippen LogP contribution in [0.1, 0.15) is 18.4 Å². The number of rotatable bonds is 11. The Morgan fingerprint density at radius 1 is 1.08 bits per heavy atom. The number of aromatic hydroxyl groups is 1. The van der Waals surface area contributed by atoms with Gasteiger partial charge in [-0.1, -0.05) is 41.4 Å². The molecular weight excluding hydrogens is 529 g/mol. The van der Waals surface area contributed by atoms with Crippen LogP contribution in [0.5, 0.6) is 11.6 Å². The Hall–Kier alpha value is -4.08. The van der Waals surface area contributed by atoms with Crippen molar-refractivity contribution in [3.8, 4) is 28.6 Å². The van der Waals surface area contributed by atoms with Gasteiger partial charge in [-0.3, -0.25) is 14.6 Å². The van der Waals surface area contributed by atoms with E-state index < -0.39 is 11.9 Å². The van der Waals surface area contributed by atoms with Crippen molar-refractivity contribution in [1.29, 1.82) is 0 Å². The summed E-state index contributed by atoms with van der Waals surface area (Å²) in [5, 5.41) is 18.0. The monoisotopic (exact) mass is 553 g/mol. The highest BCUT2D eigenvalue weighted by Gasteiger charge is 2.20. The number of phenolic OH excluding ortho intramolecular Hbond substituents is 1. The minimum absolute atomic E-state index is 0.0330. The molecule has 1 unspecified atom stereocenters. The number of hydrogen-bond donors (Lipinski definition) is 3. The summed E-state index contributed by atoms with van der Waals surface area (Å²) in [4.78, 5) is 28.5. The molecule has 0 spiro atoms. The average Bonchev–Trinajstić information content (AvgIpc) is 3.33. The van der Waals surface area contributed by atoms with Gasteiger partial charge in [0.05, 0.1) is 28.0 Å². The quantitative estimate of drug-likeness (QED) is 0.237. The molecule has 4 rings (SSSR count). The molecule has 0 aliphatic heterocycles. The highest BCUT2D eigenvalue weighted by molar-refractivity contribution is 6.42. The van der Waals surface area contributed by atoms with E-state index in [1.165, 1.54) is 6.07 Å². The van der Waals surface area contributed by atoms with Gasteiger partial charge in [0.1, 0.15) is 11.8 Å². The number of amides is 2. The van der Waals surface area contributed by atoms with Crippen LogP contribution in [0.4, 0.5) is 0 Å². The lowest BCUT2D eigenvalue weighted by molar-refractivity contribution is -0.127. The summed E-state index contributed by atoms with van der Waals surface area (Å²) in [5.74, 6) is -0.573. The predicted molar refractivity (Wildman–Crippen MR) is 144 cm³/mol. The van der Waals surface area contributed by atoms with Gasteiger partial charge in [0.2, 0.25) is 17.7 Å². The third-order valence-corrected chi connectivity index (χ3v) is 6.41. The summed E-state index contributed by atoms with van der Waals surface area (Å²) < 4.78 is 7.57. The van der Waals surface area contributed by atoms with E-state index in [4.69, 9.17) is 33.7 Å². The van der Waals surface area contributed by atoms with Gasteiger partial charge in [-0.15, -0.1) is 0 Å². The summed E-state index contributed by atoms with van der Waals surface area (Å²) in [5.41, 5.74) is 8.07. The normalized spacial score (nSPS) is 11.6. The second-order valence-corrected chi connectivity index (χ2v) is 9.24. The Morgan fingerprint density at radius 2 is 1.89 bits per heavy atom. The minimum atomic E-state index is -0.949. The molecular formula is C27H25Cl2N5O4. The summed E-state index contributed by atoms with van der Waals surface area (Å²) in [6.45, 7) is 0.202.